The van der Waals surface area contributed by atoms with Crippen molar-refractivity contribution in [2.24, 2.45) is 0 Å². The summed E-state index contributed by atoms with van der Waals surface area (Å²) in [5.41, 5.74) is 1.49. The van der Waals surface area contributed by atoms with Crippen LogP contribution in [0, 0.1) is 13.8 Å². The maximum Gasteiger partial charge on any atom is 0.0445 e. The van der Waals surface area contributed by atoms with Gasteiger partial charge in [-0.25, -0.2) is 0 Å². The molecule has 0 saturated heterocycles. The molecule has 0 bridgehead atoms. The van der Waals surface area contributed by atoms with Gasteiger partial charge < -0.3 is 0 Å². The van der Waals surface area contributed by atoms with E-state index in [2.05, 4.69) is 68.1 Å². The number of benzene rings is 2. The maximum atomic E-state index is 2.31. The van der Waals surface area contributed by atoms with Crippen LogP contribution in [0.3, 0.4) is 0 Å². The van der Waals surface area contributed by atoms with Gasteiger partial charge in [-0.2, -0.15) is 0 Å². The van der Waals surface area contributed by atoms with Gasteiger partial charge >= 0.3 is 0 Å². The summed E-state index contributed by atoms with van der Waals surface area (Å²) in [5.74, 6) is 1.17. The van der Waals surface area contributed by atoms with Gasteiger partial charge in [0.2, 0.25) is 0 Å². The summed E-state index contributed by atoms with van der Waals surface area (Å²) in [6.45, 7) is 4.51. The van der Waals surface area contributed by atoms with Crippen LogP contribution in [0.2, 0.25) is 0 Å². The van der Waals surface area contributed by atoms with E-state index < -0.39 is 0 Å². The first kappa shape index (κ1) is 13.7. The molecular formula is C18H16S3. The minimum Gasteiger partial charge on any atom is -0.144 e. The molecule has 1 unspecified atom stereocenters. The van der Waals surface area contributed by atoms with E-state index in [1.807, 2.05) is 23.1 Å². The number of hydrogen-bond acceptors (Lipinski definition) is 3. The first-order chi connectivity index (χ1) is 10.2. The molecule has 21 heavy (non-hydrogen) atoms. The molecule has 4 rings (SSSR count). The smallest absolute Gasteiger partial charge is 0.0445 e. The Morgan fingerprint density at radius 2 is 1.67 bits per heavy atom. The zero-order chi connectivity index (χ0) is 14.4. The summed E-state index contributed by atoms with van der Waals surface area (Å²) in [6.07, 6.45) is 0. The predicted octanol–water partition coefficient (Wildman–Crippen LogP) is 6.46. The van der Waals surface area contributed by atoms with Crippen LogP contribution in [0.1, 0.15) is 20.6 Å². The Hall–Kier alpha value is -0.900. The van der Waals surface area contributed by atoms with Crippen molar-refractivity contribution >= 4 is 45.6 Å². The van der Waals surface area contributed by atoms with Crippen molar-refractivity contribution in [2.75, 3.05) is 5.75 Å². The Morgan fingerprint density at radius 1 is 0.905 bits per heavy atom. The van der Waals surface area contributed by atoms with Gasteiger partial charge in [0, 0.05) is 30.5 Å². The molecule has 0 N–H and O–H groups in total. The molecule has 0 aliphatic carbocycles. The van der Waals surface area contributed by atoms with Gasteiger partial charge in [0.05, 0.1) is 0 Å². The van der Waals surface area contributed by atoms with Crippen LogP contribution in [0.5, 0.6) is 0 Å². The molecule has 3 heteroatoms. The lowest BCUT2D eigenvalue weighted by Gasteiger charge is -2.24. The molecule has 106 valence electrons. The largest absolute Gasteiger partial charge is 0.144 e. The van der Waals surface area contributed by atoms with Gasteiger partial charge in [-0.05, 0) is 30.2 Å². The predicted molar refractivity (Wildman–Crippen MR) is 97.1 cm³/mol. The summed E-state index contributed by atoms with van der Waals surface area (Å²) in [5, 5.41) is 3.32. The van der Waals surface area contributed by atoms with Crippen LogP contribution in [-0.4, -0.2) is 5.75 Å². The molecule has 0 spiro atoms. The topological polar surface area (TPSA) is 0 Å². The number of fused-ring (bicyclic) bond motifs is 2. The molecule has 2 aromatic carbocycles. The number of rotatable bonds is 1. The Kier molecular flexibility index (Phi) is 3.52. The lowest BCUT2D eigenvalue weighted by Crippen LogP contribution is -2.03. The molecule has 0 saturated carbocycles. The van der Waals surface area contributed by atoms with Gasteiger partial charge in [0.15, 0.2) is 0 Å². The van der Waals surface area contributed by atoms with Gasteiger partial charge in [0.25, 0.3) is 0 Å². The van der Waals surface area contributed by atoms with E-state index in [9.17, 15) is 0 Å². The summed E-state index contributed by atoms with van der Waals surface area (Å²) >= 11 is 6.04. The van der Waals surface area contributed by atoms with Gasteiger partial charge in [0.1, 0.15) is 0 Å². The second-order valence-corrected chi connectivity index (χ2v) is 9.03. The van der Waals surface area contributed by atoms with E-state index in [1.165, 1.54) is 41.6 Å². The van der Waals surface area contributed by atoms with E-state index in [-0.39, 0.29) is 0 Å². The Bertz CT molecular complexity index is 811. The number of thioether (sulfide) groups is 2. The first-order valence-corrected chi connectivity index (χ1v) is 9.79. The summed E-state index contributed by atoms with van der Waals surface area (Å²) in [6, 6.07) is 15.5. The quantitative estimate of drug-likeness (QED) is 0.503. The molecule has 1 aliphatic heterocycles. The molecule has 0 fully saturated rings. The maximum absolute atomic E-state index is 2.31. The third kappa shape index (κ3) is 2.32. The molecule has 3 aromatic rings. The molecule has 0 amide bonds. The fourth-order valence-electron chi connectivity index (χ4n) is 2.97. The van der Waals surface area contributed by atoms with Crippen LogP contribution in [0.25, 0.3) is 10.8 Å². The van der Waals surface area contributed by atoms with Gasteiger partial charge in [-0.3, -0.25) is 0 Å². The van der Waals surface area contributed by atoms with Crippen LogP contribution < -0.4 is 0 Å². The normalized spacial score (nSPS) is 17.9. The minimum absolute atomic E-state index is 0.557. The zero-order valence-electron chi connectivity index (χ0n) is 12.1. The summed E-state index contributed by atoms with van der Waals surface area (Å²) < 4.78 is 0. The van der Waals surface area contributed by atoms with E-state index in [4.69, 9.17) is 0 Å². The first-order valence-electron chi connectivity index (χ1n) is 7.11. The fraction of sp³-hybridized carbons (Fsp3) is 0.222. The molecule has 1 aromatic heterocycles. The van der Waals surface area contributed by atoms with Crippen LogP contribution in [-0.2, 0) is 0 Å². The van der Waals surface area contributed by atoms with E-state index >= 15 is 0 Å². The highest BCUT2D eigenvalue weighted by atomic mass is 32.2. The van der Waals surface area contributed by atoms with Crippen molar-refractivity contribution in [3.8, 4) is 0 Å². The number of thiophene rings is 1. The average molecular weight is 329 g/mol. The summed E-state index contributed by atoms with van der Waals surface area (Å²) in [4.78, 5) is 6.01. The van der Waals surface area contributed by atoms with Crippen LogP contribution in [0.15, 0.2) is 52.3 Å². The van der Waals surface area contributed by atoms with Crippen molar-refractivity contribution in [1.82, 2.24) is 0 Å². The highest BCUT2D eigenvalue weighted by Gasteiger charge is 2.26. The highest BCUT2D eigenvalue weighted by Crippen LogP contribution is 2.53. The third-order valence-corrected chi connectivity index (χ3v) is 8.33. The second kappa shape index (κ2) is 5.38. The standard InChI is InChI=1S/C18H16S3/c1-11-17-18(12(2)20-11)21-16(10-19-17)15-9-5-7-13-6-3-4-8-14(13)15/h3-9,16H,10H2,1-2H3. The Morgan fingerprint density at radius 3 is 2.57 bits per heavy atom. The van der Waals surface area contributed by atoms with Crippen molar-refractivity contribution in [3.05, 3.63) is 57.8 Å². The van der Waals surface area contributed by atoms with Crippen molar-refractivity contribution in [2.45, 2.75) is 28.9 Å². The zero-order valence-corrected chi connectivity index (χ0v) is 14.5. The second-order valence-electron chi connectivity index (χ2n) is 5.36. The third-order valence-electron chi connectivity index (χ3n) is 3.96. The molecule has 2 heterocycles. The van der Waals surface area contributed by atoms with Crippen molar-refractivity contribution in [3.63, 3.8) is 0 Å². The number of hydrogen-bond donors (Lipinski definition) is 0. The van der Waals surface area contributed by atoms with Gasteiger partial charge in [-0.1, -0.05) is 42.5 Å². The monoisotopic (exact) mass is 328 g/mol. The van der Waals surface area contributed by atoms with E-state index in [1.54, 1.807) is 0 Å². The fourth-order valence-corrected chi connectivity index (χ4v) is 7.34. The molecular weight excluding hydrogens is 312 g/mol. The Labute approximate surface area is 138 Å². The average Bonchev–Trinajstić information content (AvgIpc) is 2.81. The van der Waals surface area contributed by atoms with Crippen molar-refractivity contribution in [1.29, 1.82) is 0 Å². The molecule has 1 aliphatic rings. The minimum atomic E-state index is 0.557. The van der Waals surface area contributed by atoms with E-state index in [0.717, 1.165) is 0 Å². The van der Waals surface area contributed by atoms with Gasteiger partial charge in [-0.15, -0.1) is 34.9 Å². The Balaban J connectivity index is 1.79. The molecule has 1 atom stereocenters. The lowest BCUT2D eigenvalue weighted by atomic mass is 10.0. The van der Waals surface area contributed by atoms with Crippen molar-refractivity contribution < 1.29 is 0 Å². The summed E-state index contributed by atoms with van der Waals surface area (Å²) in [7, 11) is 0. The lowest BCUT2D eigenvalue weighted by molar-refractivity contribution is 1.08. The number of aryl methyl sites for hydroxylation is 2. The van der Waals surface area contributed by atoms with Crippen LogP contribution in [0.4, 0.5) is 0 Å². The SMILES string of the molecule is Cc1sc(C)c2c1SCC(c1cccc3ccccc13)S2. The molecule has 0 radical (unpaired) electrons. The van der Waals surface area contributed by atoms with Crippen LogP contribution >= 0.6 is 34.9 Å². The van der Waals surface area contributed by atoms with E-state index in [0.29, 0.717) is 5.25 Å². The molecule has 0 nitrogen and oxygen atoms in total. The highest BCUT2D eigenvalue weighted by molar-refractivity contribution is 8.06.